The van der Waals surface area contributed by atoms with Gasteiger partial charge in [-0.05, 0) is 96.5 Å². The maximum Gasteiger partial charge on any atom is 0.396 e. The zero-order valence-corrected chi connectivity index (χ0v) is 37.9. The lowest BCUT2D eigenvalue weighted by Gasteiger charge is -2.55. The second-order valence-corrected chi connectivity index (χ2v) is 19.1. The van der Waals surface area contributed by atoms with Crippen LogP contribution in [0.3, 0.4) is 0 Å². The first-order chi connectivity index (χ1) is 28.1. The van der Waals surface area contributed by atoms with Crippen molar-refractivity contribution in [2.45, 2.75) is 206 Å². The Labute approximate surface area is 357 Å². The summed E-state index contributed by atoms with van der Waals surface area (Å²) >= 11 is 0. The number of ketones is 1. The van der Waals surface area contributed by atoms with E-state index < -0.39 is 107 Å². The lowest BCUT2D eigenvalue weighted by Crippen LogP contribution is -2.66. The third-order valence-corrected chi connectivity index (χ3v) is 15.2. The van der Waals surface area contributed by atoms with Crippen LogP contribution in [-0.4, -0.2) is 111 Å². The van der Waals surface area contributed by atoms with E-state index in [1.165, 1.54) is 0 Å². The van der Waals surface area contributed by atoms with Crippen molar-refractivity contribution in [1.29, 1.82) is 0 Å². The number of hydrogen-bond acceptors (Lipinski definition) is 12. The number of hydrogen-bond donors (Lipinski definition) is 4. The van der Waals surface area contributed by atoms with Gasteiger partial charge in [0.05, 0.1) is 60.4 Å². The van der Waals surface area contributed by atoms with Crippen molar-refractivity contribution < 1.29 is 62.9 Å². The first-order valence-corrected chi connectivity index (χ1v) is 22.9. The molecule has 2 unspecified atom stereocenters. The molecule has 342 valence electrons. The van der Waals surface area contributed by atoms with Crippen LogP contribution in [0.25, 0.3) is 0 Å². The highest BCUT2D eigenvalue weighted by Gasteiger charge is 2.63. The van der Waals surface area contributed by atoms with Gasteiger partial charge in [-0.15, -0.1) is 0 Å². The van der Waals surface area contributed by atoms with Gasteiger partial charge in [-0.2, -0.15) is 0 Å². The number of amides is 1. The predicted octanol–water partition coefficient (Wildman–Crippen LogP) is 5.88. The first kappa shape index (κ1) is 48.6. The number of aliphatic hydroxyl groups excluding tert-OH is 1. The van der Waals surface area contributed by atoms with E-state index in [1.807, 2.05) is 55.4 Å². The van der Waals surface area contributed by atoms with Gasteiger partial charge in [-0.1, -0.05) is 61.5 Å². The Hall–Kier alpha value is -2.46. The molecule has 5 aliphatic rings. The number of esters is 1. The highest BCUT2D eigenvalue weighted by atomic mass is 16.8. The molecule has 0 aromatic carbocycles. The number of aliphatic hydroxyl groups is 2. The van der Waals surface area contributed by atoms with Gasteiger partial charge in [-0.25, -0.2) is 4.79 Å². The van der Waals surface area contributed by atoms with E-state index in [9.17, 15) is 34.5 Å². The number of aliphatic carboxylic acids is 1. The topological polar surface area (TPSA) is 196 Å². The number of nitrogens with one attached hydrogen (secondary N) is 1. The van der Waals surface area contributed by atoms with Crippen LogP contribution in [0.4, 0.5) is 0 Å². The molecule has 2 spiro atoms. The minimum Gasteiger partial charge on any atom is -0.481 e. The Kier molecular flexibility index (Phi) is 15.5. The average Bonchev–Trinajstić information content (AvgIpc) is 3.55. The zero-order chi connectivity index (χ0) is 44.5. The number of carbonyl (C=O) groups is 4. The maximum absolute atomic E-state index is 14.6. The number of rotatable bonds is 14. The molecule has 0 aliphatic carbocycles. The summed E-state index contributed by atoms with van der Waals surface area (Å²) in [7, 11) is 0. The summed E-state index contributed by atoms with van der Waals surface area (Å²) in [6.45, 7) is 21.0. The number of carbonyl (C=O) groups excluding carboxylic acids is 3. The molecule has 0 saturated carbocycles. The van der Waals surface area contributed by atoms with Crippen molar-refractivity contribution in [1.82, 2.24) is 5.32 Å². The molecule has 0 radical (unpaired) electrons. The third-order valence-electron chi connectivity index (χ3n) is 15.2. The second kappa shape index (κ2) is 19.1. The summed E-state index contributed by atoms with van der Waals surface area (Å²) in [5.41, 5.74) is -1.84. The first-order valence-electron chi connectivity index (χ1n) is 22.9. The van der Waals surface area contributed by atoms with E-state index >= 15 is 0 Å². The van der Waals surface area contributed by atoms with E-state index in [0.717, 1.165) is 6.42 Å². The van der Waals surface area contributed by atoms with Crippen molar-refractivity contribution in [3.63, 3.8) is 0 Å². The number of carboxylic acids is 1. The van der Waals surface area contributed by atoms with Crippen molar-refractivity contribution in [2.75, 3.05) is 6.61 Å². The lowest BCUT2D eigenvalue weighted by molar-refractivity contribution is -0.398. The summed E-state index contributed by atoms with van der Waals surface area (Å²) in [5.74, 6) is -8.50. The number of Topliss-reactive ketones (excluding diaryl/α,β-unsaturated/α-hetero) is 1. The monoisotopic (exact) mass is 850 g/mol. The smallest absolute Gasteiger partial charge is 0.396 e. The van der Waals surface area contributed by atoms with Gasteiger partial charge < -0.3 is 49.1 Å². The van der Waals surface area contributed by atoms with E-state index in [2.05, 4.69) is 12.2 Å². The number of ether oxygens (including phenoxy) is 6. The fourth-order valence-corrected chi connectivity index (χ4v) is 11.1. The Bertz CT molecular complexity index is 1570. The van der Waals surface area contributed by atoms with Crippen LogP contribution >= 0.6 is 0 Å². The fraction of sp³-hybridized carbons (Fsp3) is 0.870. The van der Waals surface area contributed by atoms with Crippen molar-refractivity contribution in [3.8, 4) is 0 Å². The van der Waals surface area contributed by atoms with E-state index in [4.69, 9.17) is 28.4 Å². The highest BCUT2D eigenvalue weighted by Crippen LogP contribution is 2.54. The van der Waals surface area contributed by atoms with E-state index in [1.54, 1.807) is 26.0 Å². The number of carboxylic acid groups (broad SMARTS) is 1. The largest absolute Gasteiger partial charge is 0.481 e. The minimum absolute atomic E-state index is 0.0321. The quantitative estimate of drug-likeness (QED) is 0.0921. The normalized spacial score (nSPS) is 41.9. The molecule has 5 heterocycles. The SMILES string of the molecule is CCOC(=O)C(=O)NC1C=C[C@]2(O[C@H](C(CC)C(=O)[C@@H](C)[C@@H](O)[C@H](C)[C@@H]3O[C@@H]([C@@H](CC)C(=O)O)CC[C@@H]3C)[C@@H](C)C[C@H]2C)O[C@@]12CC[C@@](C)([C@H]1CC[C@](O)(CC)[C@H](C)O1)O2. The van der Waals surface area contributed by atoms with Gasteiger partial charge in [0.2, 0.25) is 0 Å². The van der Waals surface area contributed by atoms with Crippen molar-refractivity contribution in [2.24, 2.45) is 41.4 Å². The molecule has 1 amide bonds. The van der Waals surface area contributed by atoms with Crippen LogP contribution in [0.5, 0.6) is 0 Å². The predicted molar refractivity (Wildman–Crippen MR) is 221 cm³/mol. The zero-order valence-electron chi connectivity index (χ0n) is 37.9. The third kappa shape index (κ3) is 9.40. The minimum atomic E-state index is -1.49. The van der Waals surface area contributed by atoms with Crippen LogP contribution in [0.1, 0.15) is 140 Å². The Morgan fingerprint density at radius 3 is 2.17 bits per heavy atom. The second-order valence-electron chi connectivity index (χ2n) is 19.1. The van der Waals surface area contributed by atoms with E-state index in [-0.39, 0.29) is 30.1 Å². The van der Waals surface area contributed by atoms with Crippen LogP contribution < -0.4 is 5.32 Å². The van der Waals surface area contributed by atoms with E-state index in [0.29, 0.717) is 57.8 Å². The molecule has 0 aromatic heterocycles. The Balaban J connectivity index is 1.40. The standard InChI is InChI=1S/C46H75NO13/c1-12-31(41(51)52)33-17-16-25(5)38(57-33)29(9)36(48)28(8)37(49)32(13-2)39-26(6)24-27(7)45(58-39)21-18-34(47-40(50)42(53)55-15-4)46(60-45)23-22-43(11,59-46)35-19-20-44(54,14-3)30(10)56-35/h18,21,25-36,38-39,48,54H,12-17,19-20,22-24H2,1-11H3,(H,47,50)(H,51,52)/t25-,26-,27+,28-,29-,30-,31+,32?,33+,34?,35+,36+,38+,39-,43-,44+,45-,46-/m0/s1. The van der Waals surface area contributed by atoms with Gasteiger partial charge in [0.25, 0.3) is 0 Å². The molecule has 4 fully saturated rings. The van der Waals surface area contributed by atoms with Gasteiger partial charge in [0, 0.05) is 30.1 Å². The van der Waals surface area contributed by atoms with Gasteiger partial charge in [-0.3, -0.25) is 14.4 Å². The molecule has 0 aromatic rings. The van der Waals surface area contributed by atoms with Crippen LogP contribution in [0.2, 0.25) is 0 Å². The van der Waals surface area contributed by atoms with Gasteiger partial charge in [0.1, 0.15) is 11.8 Å². The fourth-order valence-electron chi connectivity index (χ4n) is 11.1. The van der Waals surface area contributed by atoms with Crippen molar-refractivity contribution in [3.05, 3.63) is 12.2 Å². The molecule has 60 heavy (non-hydrogen) atoms. The molecule has 5 aliphatic heterocycles. The molecular formula is C46H75NO13. The lowest BCUT2D eigenvalue weighted by atomic mass is 9.72. The van der Waals surface area contributed by atoms with Gasteiger partial charge in [0.15, 0.2) is 11.6 Å². The molecule has 14 heteroatoms. The van der Waals surface area contributed by atoms with Crippen molar-refractivity contribution >= 4 is 23.6 Å². The van der Waals surface area contributed by atoms with Crippen LogP contribution in [0, 0.1) is 41.4 Å². The molecular weight excluding hydrogens is 774 g/mol. The molecule has 4 N–H and O–H groups in total. The molecule has 0 bridgehead atoms. The van der Waals surface area contributed by atoms with Gasteiger partial charge >= 0.3 is 17.8 Å². The molecule has 5 rings (SSSR count). The van der Waals surface area contributed by atoms with Crippen LogP contribution in [-0.2, 0) is 47.6 Å². The summed E-state index contributed by atoms with van der Waals surface area (Å²) < 4.78 is 39.1. The summed E-state index contributed by atoms with van der Waals surface area (Å²) in [6.07, 6.45) is 5.54. The summed E-state index contributed by atoms with van der Waals surface area (Å²) in [5, 5.41) is 35.6. The summed E-state index contributed by atoms with van der Waals surface area (Å²) in [6, 6.07) is -0.906. The Morgan fingerprint density at radius 1 is 0.883 bits per heavy atom. The summed E-state index contributed by atoms with van der Waals surface area (Å²) in [4.78, 5) is 52.3. The molecule has 14 nitrogen and oxygen atoms in total. The molecule has 4 saturated heterocycles. The molecule has 18 atom stereocenters. The average molecular weight is 850 g/mol. The highest BCUT2D eigenvalue weighted by molar-refractivity contribution is 6.32. The maximum atomic E-state index is 14.6. The Morgan fingerprint density at radius 2 is 1.57 bits per heavy atom. The van der Waals surface area contributed by atoms with Crippen LogP contribution in [0.15, 0.2) is 12.2 Å².